The summed E-state index contributed by atoms with van der Waals surface area (Å²) in [6.45, 7) is 9.34. The van der Waals surface area contributed by atoms with E-state index in [2.05, 4.69) is 23.7 Å². The van der Waals surface area contributed by atoms with E-state index in [9.17, 15) is 13.2 Å². The number of halogens is 3. The van der Waals surface area contributed by atoms with Crippen LogP contribution in [0.15, 0.2) is 0 Å². The van der Waals surface area contributed by atoms with E-state index in [4.69, 9.17) is 17.7 Å². The van der Waals surface area contributed by atoms with Gasteiger partial charge in [-0.2, -0.15) is 13.2 Å². The van der Waals surface area contributed by atoms with E-state index in [1.165, 1.54) is 25.7 Å². The van der Waals surface area contributed by atoms with Crippen LogP contribution < -0.4 is 0 Å². The predicted octanol–water partition coefficient (Wildman–Crippen LogP) is 2.97. The van der Waals surface area contributed by atoms with Crippen LogP contribution in [0.3, 0.4) is 0 Å². The van der Waals surface area contributed by atoms with Crippen LogP contribution in [0.25, 0.3) is 0 Å². The van der Waals surface area contributed by atoms with Gasteiger partial charge in [-0.05, 0) is 25.2 Å². The van der Waals surface area contributed by atoms with Gasteiger partial charge < -0.3 is 13.3 Å². The molecule has 1 heterocycles. The molecule has 0 N–H and O–H groups in total. The van der Waals surface area contributed by atoms with Crippen molar-refractivity contribution in [3.8, 4) is 0 Å². The minimum atomic E-state index is -6.09. The lowest BCUT2D eigenvalue weighted by molar-refractivity contribution is -0.251. The summed E-state index contributed by atoms with van der Waals surface area (Å²) in [4.78, 5) is 0. The minimum absolute atomic E-state index is 0.118. The summed E-state index contributed by atoms with van der Waals surface area (Å²) < 4.78 is 68.8. The topological polar surface area (TPSA) is 69.1 Å². The summed E-state index contributed by atoms with van der Waals surface area (Å²) in [7, 11) is -7.36. The van der Waals surface area contributed by atoms with Crippen LogP contribution in [0, 0.1) is 11.8 Å². The molecule has 0 aromatic heterocycles. The van der Waals surface area contributed by atoms with E-state index in [0.717, 1.165) is 25.0 Å². The molecule has 0 amide bonds. The van der Waals surface area contributed by atoms with Gasteiger partial charge in [0, 0.05) is 19.6 Å². The van der Waals surface area contributed by atoms with Crippen LogP contribution >= 0.6 is 0 Å². The first-order valence-corrected chi connectivity index (χ1v) is 12.5. The Morgan fingerprint density at radius 3 is 2.17 bits per heavy atom. The zero-order chi connectivity index (χ0) is 17.7. The molecular weight excluding hydrogens is 353 g/mol. The van der Waals surface area contributed by atoms with Crippen molar-refractivity contribution in [2.75, 3.05) is 13.2 Å². The van der Waals surface area contributed by atoms with Crippen LogP contribution in [0.4, 0.5) is 13.2 Å². The Labute approximate surface area is 135 Å². The molecule has 2 aliphatic carbocycles. The zero-order valence-electron chi connectivity index (χ0n) is 13.5. The van der Waals surface area contributed by atoms with Crippen LogP contribution in [0.1, 0.15) is 25.7 Å². The third kappa shape index (κ3) is 3.76. The fourth-order valence-electron chi connectivity index (χ4n) is 4.07. The summed E-state index contributed by atoms with van der Waals surface area (Å²) in [5, 5.41) is 0. The Hall–Kier alpha value is -0.163. The summed E-state index contributed by atoms with van der Waals surface area (Å²) in [5.41, 5.74) is -5.65. The molecule has 0 aromatic rings. The van der Waals surface area contributed by atoms with E-state index < -0.39 is 23.9 Å². The second-order valence-corrected chi connectivity index (χ2v) is 13.4. The first-order chi connectivity index (χ1) is 10.3. The molecule has 1 aliphatic heterocycles. The first kappa shape index (κ1) is 19.2. The molecule has 0 aromatic carbocycles. The smallest absolute Gasteiger partial charge is 0.485 e. The normalized spacial score (nSPS) is 34.7. The van der Waals surface area contributed by atoms with E-state index in [0.29, 0.717) is 0 Å². The molecule has 0 radical (unpaired) electrons. The Kier molecular flexibility index (Phi) is 4.98. The van der Waals surface area contributed by atoms with E-state index in [1.807, 2.05) is 0 Å². The van der Waals surface area contributed by atoms with E-state index >= 15 is 0 Å². The van der Waals surface area contributed by atoms with Crippen LogP contribution in [-0.2, 0) is 18.9 Å². The molecule has 23 heavy (non-hydrogen) atoms. The van der Waals surface area contributed by atoms with Crippen molar-refractivity contribution in [2.24, 2.45) is 11.8 Å². The largest absolute Gasteiger partial charge is 0.741 e. The van der Waals surface area contributed by atoms with Crippen molar-refractivity contribution in [2.45, 2.75) is 56.6 Å². The van der Waals surface area contributed by atoms with Crippen LogP contribution in [-0.4, -0.2) is 45.8 Å². The molecule has 1 spiro atoms. The molecule has 3 atom stereocenters. The standard InChI is InChI=1S/C12H23O2Si.CHF3O3S/c1-15(2,3)14-7-6-13-12(14)9-10-4-5-11(12)8-10;2-1(3,4)8(5,6)7/h10-11H,4-9H2,1-3H3;(H,5,6,7)/q+1;/p-1/t10-,11+,12?;/m0./s1. The van der Waals surface area contributed by atoms with Crippen LogP contribution in [0.5, 0.6) is 0 Å². The zero-order valence-corrected chi connectivity index (χ0v) is 15.3. The van der Waals surface area contributed by atoms with E-state index in [1.54, 1.807) is 0 Å². The number of hydrogen-bond acceptors (Lipinski definition) is 4. The second-order valence-electron chi connectivity index (χ2n) is 7.35. The number of rotatable bonds is 1. The van der Waals surface area contributed by atoms with Gasteiger partial charge in [-0.3, -0.25) is 0 Å². The minimum Gasteiger partial charge on any atom is -0.741 e. The van der Waals surface area contributed by atoms with Crippen molar-refractivity contribution >= 4 is 18.4 Å². The maximum Gasteiger partial charge on any atom is 0.485 e. The van der Waals surface area contributed by atoms with Gasteiger partial charge in [-0.1, -0.05) is 0 Å². The molecule has 2 bridgehead atoms. The Morgan fingerprint density at radius 2 is 1.83 bits per heavy atom. The maximum absolute atomic E-state index is 10.7. The third-order valence-corrected chi connectivity index (χ3v) is 7.41. The number of fused-ring (bicyclic) bond motifs is 3. The van der Waals surface area contributed by atoms with Gasteiger partial charge >= 0.3 is 13.8 Å². The molecular formula is C13H23F3O5SSi. The fraction of sp³-hybridized carbons (Fsp3) is 1.00. The lowest BCUT2D eigenvalue weighted by Gasteiger charge is -2.43. The average molecular weight is 376 g/mol. The SMILES string of the molecule is C[Si](C)(C)[O+]1CCOC12C[C@H]1CC[C@@H]2C1.O=S(=O)([O-])C(F)(F)F. The monoisotopic (exact) mass is 376 g/mol. The van der Waals surface area contributed by atoms with Gasteiger partial charge in [0.2, 0.25) is 0 Å². The molecule has 1 unspecified atom stereocenters. The fourth-order valence-corrected chi connectivity index (χ4v) is 6.11. The highest BCUT2D eigenvalue weighted by Gasteiger charge is 2.65. The lowest BCUT2D eigenvalue weighted by atomic mass is 9.94. The van der Waals surface area contributed by atoms with Gasteiger partial charge in [-0.25, -0.2) is 8.42 Å². The molecule has 3 fully saturated rings. The van der Waals surface area contributed by atoms with Crippen molar-refractivity contribution in [1.82, 2.24) is 0 Å². The summed E-state index contributed by atoms with van der Waals surface area (Å²) in [5.74, 6) is 1.90. The molecule has 1 saturated heterocycles. The third-order valence-electron chi connectivity index (χ3n) is 4.81. The van der Waals surface area contributed by atoms with Gasteiger partial charge in [0.25, 0.3) is 5.79 Å². The second kappa shape index (κ2) is 5.97. The van der Waals surface area contributed by atoms with Crippen molar-refractivity contribution in [3.05, 3.63) is 0 Å². The van der Waals surface area contributed by atoms with Gasteiger partial charge in [0.15, 0.2) is 10.1 Å². The average Bonchev–Trinajstić information content (AvgIpc) is 3.01. The van der Waals surface area contributed by atoms with Gasteiger partial charge in [0.05, 0.1) is 12.3 Å². The lowest BCUT2D eigenvalue weighted by Crippen LogP contribution is -2.53. The summed E-state index contributed by atoms with van der Waals surface area (Å²) >= 11 is 0. The summed E-state index contributed by atoms with van der Waals surface area (Å²) in [6.07, 6.45) is 5.58. The maximum atomic E-state index is 10.7. The molecule has 3 rings (SSSR count). The Bertz CT molecular complexity index is 545. The Morgan fingerprint density at radius 1 is 1.26 bits per heavy atom. The quantitative estimate of drug-likeness (QED) is 0.305. The Balaban J connectivity index is 0.000000207. The predicted molar refractivity (Wildman–Crippen MR) is 79.2 cm³/mol. The van der Waals surface area contributed by atoms with Gasteiger partial charge in [0.1, 0.15) is 13.2 Å². The number of alkyl halides is 3. The molecule has 2 saturated carbocycles. The van der Waals surface area contributed by atoms with E-state index in [-0.39, 0.29) is 5.79 Å². The highest BCUT2D eigenvalue weighted by atomic mass is 32.2. The molecule has 10 heteroatoms. The van der Waals surface area contributed by atoms with Gasteiger partial charge in [-0.15, -0.1) is 0 Å². The highest BCUT2D eigenvalue weighted by molar-refractivity contribution is 7.86. The number of ether oxygens (including phenoxy) is 1. The van der Waals surface area contributed by atoms with Crippen molar-refractivity contribution in [1.29, 1.82) is 0 Å². The first-order valence-electron chi connectivity index (χ1n) is 7.64. The highest BCUT2D eigenvalue weighted by Crippen LogP contribution is 2.58. The molecule has 136 valence electrons. The van der Waals surface area contributed by atoms with Crippen molar-refractivity contribution < 1.29 is 34.9 Å². The van der Waals surface area contributed by atoms with Crippen molar-refractivity contribution in [3.63, 3.8) is 0 Å². The molecule has 5 nitrogen and oxygen atoms in total. The van der Waals surface area contributed by atoms with Crippen LogP contribution in [0.2, 0.25) is 19.6 Å². The summed E-state index contributed by atoms with van der Waals surface area (Å²) in [6, 6.07) is 0. The molecule has 3 aliphatic rings. The number of hydrogen-bond donors (Lipinski definition) is 0.